The van der Waals surface area contributed by atoms with Crippen molar-refractivity contribution in [3.8, 4) is 6.07 Å². The molecule has 7 heavy (non-hydrogen) atoms. The van der Waals surface area contributed by atoms with Gasteiger partial charge in [0, 0.05) is 29.6 Å². The molecular weight excluding hydrogens is 103 g/mol. The van der Waals surface area contributed by atoms with Crippen molar-refractivity contribution in [2.75, 3.05) is 0 Å². The molecule has 2 N–H and O–H groups in total. The molecule has 0 aromatic rings. The minimum atomic E-state index is -0.572. The topological polar surface area (TPSA) is 66.9 Å². The Morgan fingerprint density at radius 2 is 2.29 bits per heavy atom. The largest absolute Gasteiger partial charge is 0.369 e. The van der Waals surface area contributed by atoms with Gasteiger partial charge in [-0.2, -0.15) is 5.26 Å². The van der Waals surface area contributed by atoms with Gasteiger partial charge in [-0.25, -0.2) is 0 Å². The van der Waals surface area contributed by atoms with Gasteiger partial charge < -0.3 is 5.73 Å². The monoisotopic (exact) mass is 107 g/mol. The van der Waals surface area contributed by atoms with E-state index in [1.807, 2.05) is 0 Å². The number of hydrogen-bond acceptors (Lipinski definition) is 2. The van der Waals surface area contributed by atoms with Gasteiger partial charge in [-0.3, -0.25) is 4.79 Å². The normalized spacial score (nSPS) is 5.57. The third-order valence-electron chi connectivity index (χ3n) is 0.253. The van der Waals surface area contributed by atoms with Crippen LogP contribution in [0, 0.1) is 11.3 Å². The fraction of sp³-hybridized carbons (Fsp3) is 0.333. The van der Waals surface area contributed by atoms with Crippen LogP contribution in [0.2, 0.25) is 0 Å². The maximum atomic E-state index is 9.60. The summed E-state index contributed by atoms with van der Waals surface area (Å²) in [5.74, 6) is -0.572. The molecule has 0 unspecified atom stereocenters. The summed E-state index contributed by atoms with van der Waals surface area (Å²) in [6, 6.07) is 1.59. The van der Waals surface area contributed by atoms with Crippen LogP contribution in [0.15, 0.2) is 0 Å². The summed E-state index contributed by atoms with van der Waals surface area (Å²) in [5, 5.41) is 7.69. The van der Waals surface area contributed by atoms with Gasteiger partial charge in [0.2, 0.25) is 5.91 Å². The summed E-state index contributed by atoms with van der Waals surface area (Å²) < 4.78 is 0. The van der Waals surface area contributed by atoms with Crippen molar-refractivity contribution in [1.29, 1.82) is 5.26 Å². The van der Waals surface area contributed by atoms with Gasteiger partial charge in [-0.15, -0.1) is 0 Å². The predicted octanol–water partition coefficient (Wildman–Crippen LogP) is -0.995. The number of nitrogens with two attached hydrogens (primary N) is 1. The molecule has 0 bridgehead atoms. The SMILES string of the molecule is N#CCC(N)=O.[Na]. The van der Waals surface area contributed by atoms with E-state index in [0.29, 0.717) is 0 Å². The second-order valence-electron chi connectivity index (χ2n) is 0.801. The molecule has 0 aromatic heterocycles. The molecule has 0 heterocycles. The van der Waals surface area contributed by atoms with Gasteiger partial charge in [-0.05, 0) is 0 Å². The van der Waals surface area contributed by atoms with Crippen molar-refractivity contribution in [2.24, 2.45) is 5.73 Å². The third kappa shape index (κ3) is 10.7. The molecule has 3 nitrogen and oxygen atoms in total. The number of carbonyl (C=O) groups is 1. The molecule has 1 radical (unpaired) electrons. The third-order valence-corrected chi connectivity index (χ3v) is 0.253. The van der Waals surface area contributed by atoms with Crippen molar-refractivity contribution >= 4 is 35.5 Å². The Kier molecular flexibility index (Phi) is 8.56. The van der Waals surface area contributed by atoms with Gasteiger partial charge in [-0.1, -0.05) is 0 Å². The van der Waals surface area contributed by atoms with E-state index in [-0.39, 0.29) is 36.0 Å². The molecule has 0 aromatic carbocycles. The average Bonchev–Trinajstić information content (AvgIpc) is 1.35. The van der Waals surface area contributed by atoms with Gasteiger partial charge in [0.1, 0.15) is 6.42 Å². The number of nitrogens with zero attached hydrogens (tertiary/aromatic N) is 1. The van der Waals surface area contributed by atoms with Gasteiger partial charge in [0.05, 0.1) is 6.07 Å². The molecule has 1 amide bonds. The summed E-state index contributed by atoms with van der Waals surface area (Å²) in [6.45, 7) is 0. The number of nitriles is 1. The zero-order valence-electron chi connectivity index (χ0n) is 4.14. The first-order valence-corrected chi connectivity index (χ1v) is 1.42. The summed E-state index contributed by atoms with van der Waals surface area (Å²) in [5.41, 5.74) is 4.54. The molecule has 0 rings (SSSR count). The average molecular weight is 107 g/mol. The fourth-order valence-electron chi connectivity index (χ4n) is 0.0779. The van der Waals surface area contributed by atoms with E-state index >= 15 is 0 Å². The smallest absolute Gasteiger partial charge is 0.231 e. The minimum absolute atomic E-state index is 0. The van der Waals surface area contributed by atoms with E-state index in [1.165, 1.54) is 0 Å². The molecule has 0 saturated carbocycles. The first-order valence-electron chi connectivity index (χ1n) is 1.42. The second-order valence-corrected chi connectivity index (χ2v) is 0.801. The Labute approximate surface area is 63.8 Å². The first kappa shape index (κ1) is 10.0. The van der Waals surface area contributed by atoms with Gasteiger partial charge in [0.25, 0.3) is 0 Å². The molecule has 0 fully saturated rings. The number of rotatable bonds is 1. The second kappa shape index (κ2) is 5.96. The van der Waals surface area contributed by atoms with Crippen LogP contribution in [-0.4, -0.2) is 35.5 Å². The van der Waals surface area contributed by atoms with E-state index in [1.54, 1.807) is 6.07 Å². The maximum Gasteiger partial charge on any atom is 0.231 e. The fourth-order valence-corrected chi connectivity index (χ4v) is 0.0779. The van der Waals surface area contributed by atoms with Crippen LogP contribution >= 0.6 is 0 Å². The molecule has 0 atom stereocenters. The van der Waals surface area contributed by atoms with Crippen molar-refractivity contribution in [1.82, 2.24) is 0 Å². The standard InChI is InChI=1S/C3H4N2O.Na/c4-2-1-3(5)6;/h1H2,(H2,5,6);. The van der Waals surface area contributed by atoms with Crippen LogP contribution in [0.25, 0.3) is 0 Å². The van der Waals surface area contributed by atoms with Crippen molar-refractivity contribution < 1.29 is 4.79 Å². The Balaban J connectivity index is 0. The molecule has 0 saturated heterocycles. The van der Waals surface area contributed by atoms with E-state index in [0.717, 1.165) is 0 Å². The molecular formula is C3H4N2NaO. The number of primary amides is 1. The molecule has 0 spiro atoms. The zero-order valence-corrected chi connectivity index (χ0v) is 6.14. The Bertz CT molecular complexity index is 95.6. The number of amides is 1. The molecule has 4 heteroatoms. The first-order chi connectivity index (χ1) is 2.77. The van der Waals surface area contributed by atoms with Crippen LogP contribution in [-0.2, 0) is 4.79 Å². The summed E-state index contributed by atoms with van der Waals surface area (Å²) in [7, 11) is 0. The van der Waals surface area contributed by atoms with Crippen LogP contribution in [0.1, 0.15) is 6.42 Å². The molecule has 0 aliphatic heterocycles. The zero-order chi connectivity index (χ0) is 4.99. The van der Waals surface area contributed by atoms with Gasteiger partial charge in [0.15, 0.2) is 0 Å². The van der Waals surface area contributed by atoms with Crippen LogP contribution in [0.5, 0.6) is 0 Å². The predicted molar refractivity (Wildman–Crippen MR) is 25.2 cm³/mol. The Morgan fingerprint density at radius 1 is 1.86 bits per heavy atom. The number of carbonyl (C=O) groups excluding carboxylic acids is 1. The summed E-state index contributed by atoms with van der Waals surface area (Å²) in [6.07, 6.45) is -0.181. The van der Waals surface area contributed by atoms with E-state index in [4.69, 9.17) is 5.26 Å². The van der Waals surface area contributed by atoms with Crippen LogP contribution in [0.4, 0.5) is 0 Å². The Hall–Kier alpha value is -0.0400. The summed E-state index contributed by atoms with van der Waals surface area (Å²) >= 11 is 0. The minimum Gasteiger partial charge on any atom is -0.369 e. The Morgan fingerprint density at radius 3 is 2.29 bits per heavy atom. The molecule has 33 valence electrons. The number of hydrogen-bond donors (Lipinski definition) is 1. The van der Waals surface area contributed by atoms with E-state index < -0.39 is 5.91 Å². The van der Waals surface area contributed by atoms with Crippen LogP contribution < -0.4 is 5.73 Å². The van der Waals surface area contributed by atoms with Crippen molar-refractivity contribution in [3.05, 3.63) is 0 Å². The van der Waals surface area contributed by atoms with Crippen molar-refractivity contribution in [3.63, 3.8) is 0 Å². The van der Waals surface area contributed by atoms with Crippen molar-refractivity contribution in [2.45, 2.75) is 6.42 Å². The molecule has 0 aliphatic rings. The summed E-state index contributed by atoms with van der Waals surface area (Å²) in [4.78, 5) is 9.60. The van der Waals surface area contributed by atoms with Gasteiger partial charge >= 0.3 is 0 Å². The van der Waals surface area contributed by atoms with Crippen LogP contribution in [0.3, 0.4) is 0 Å². The quantitative estimate of drug-likeness (QED) is 0.437. The van der Waals surface area contributed by atoms with E-state index in [2.05, 4.69) is 5.73 Å². The maximum absolute atomic E-state index is 9.60. The molecule has 0 aliphatic carbocycles. The van der Waals surface area contributed by atoms with E-state index in [9.17, 15) is 4.79 Å².